The quantitative estimate of drug-likeness (QED) is 0.854. The standard InChI is InChI=1S/C22H25N3O3/c1-24-9-5-8-16(12-24)21(26)23-18-10-17-13-25(22(27)28)14-20(17)19(11-18)15-6-3-2-4-7-15/h2-4,6-7,10-11,16H,5,8-9,12-14H2,1H3,(H,23,26)(H,27,28). The van der Waals surface area contributed by atoms with Gasteiger partial charge in [-0.1, -0.05) is 30.3 Å². The highest BCUT2D eigenvalue weighted by molar-refractivity contribution is 5.94. The fourth-order valence-corrected chi connectivity index (χ4v) is 4.22. The second kappa shape index (κ2) is 7.64. The third kappa shape index (κ3) is 3.73. The number of carbonyl (C=O) groups excluding carboxylic acids is 1. The average molecular weight is 379 g/mol. The molecule has 2 amide bonds. The van der Waals surface area contributed by atoms with Crippen LogP contribution in [0, 0.1) is 5.92 Å². The number of fused-ring (bicyclic) bond motifs is 1. The molecule has 0 saturated carbocycles. The molecule has 0 aromatic heterocycles. The molecular weight excluding hydrogens is 354 g/mol. The molecule has 2 aliphatic heterocycles. The summed E-state index contributed by atoms with van der Waals surface area (Å²) in [6.07, 6.45) is 1.01. The van der Waals surface area contributed by atoms with Crippen LogP contribution in [0.5, 0.6) is 0 Å². The molecular formula is C22H25N3O3. The van der Waals surface area contributed by atoms with Crippen LogP contribution < -0.4 is 5.32 Å². The maximum atomic E-state index is 12.8. The minimum Gasteiger partial charge on any atom is -0.465 e. The van der Waals surface area contributed by atoms with Crippen molar-refractivity contribution in [2.75, 3.05) is 25.5 Å². The number of likely N-dealkylation sites (tertiary alicyclic amines) is 1. The molecule has 6 heteroatoms. The van der Waals surface area contributed by atoms with Crippen LogP contribution in [0.15, 0.2) is 42.5 Å². The molecule has 28 heavy (non-hydrogen) atoms. The van der Waals surface area contributed by atoms with Gasteiger partial charge in [-0.05, 0) is 60.8 Å². The molecule has 146 valence electrons. The number of carboxylic acid groups (broad SMARTS) is 1. The lowest BCUT2D eigenvalue weighted by Crippen LogP contribution is -2.38. The van der Waals surface area contributed by atoms with Crippen molar-refractivity contribution in [2.24, 2.45) is 5.92 Å². The van der Waals surface area contributed by atoms with Crippen LogP contribution in [0.25, 0.3) is 11.1 Å². The van der Waals surface area contributed by atoms with E-state index in [0.29, 0.717) is 13.1 Å². The van der Waals surface area contributed by atoms with E-state index in [-0.39, 0.29) is 11.8 Å². The van der Waals surface area contributed by atoms with Gasteiger partial charge >= 0.3 is 6.09 Å². The van der Waals surface area contributed by atoms with Gasteiger partial charge in [-0.15, -0.1) is 0 Å². The Balaban J connectivity index is 1.65. The van der Waals surface area contributed by atoms with Gasteiger partial charge in [-0.25, -0.2) is 4.79 Å². The van der Waals surface area contributed by atoms with E-state index in [1.54, 1.807) is 0 Å². The van der Waals surface area contributed by atoms with Crippen molar-refractivity contribution in [1.29, 1.82) is 0 Å². The lowest BCUT2D eigenvalue weighted by Gasteiger charge is -2.28. The summed E-state index contributed by atoms with van der Waals surface area (Å²) in [6.45, 7) is 2.53. The van der Waals surface area contributed by atoms with E-state index in [1.165, 1.54) is 4.90 Å². The van der Waals surface area contributed by atoms with E-state index in [0.717, 1.165) is 53.9 Å². The Morgan fingerprint density at radius 2 is 1.93 bits per heavy atom. The Morgan fingerprint density at radius 3 is 2.64 bits per heavy atom. The van der Waals surface area contributed by atoms with Crippen molar-refractivity contribution in [3.63, 3.8) is 0 Å². The lowest BCUT2D eigenvalue weighted by molar-refractivity contribution is -0.121. The highest BCUT2D eigenvalue weighted by Crippen LogP contribution is 2.36. The predicted molar refractivity (Wildman–Crippen MR) is 108 cm³/mol. The van der Waals surface area contributed by atoms with Gasteiger partial charge in [0.25, 0.3) is 0 Å². The normalized spacial score (nSPS) is 19.3. The zero-order valence-electron chi connectivity index (χ0n) is 16.0. The predicted octanol–water partition coefficient (Wildman–Crippen LogP) is 3.63. The van der Waals surface area contributed by atoms with Crippen LogP contribution in [-0.4, -0.2) is 47.0 Å². The minimum atomic E-state index is -0.925. The molecule has 0 spiro atoms. The number of benzene rings is 2. The summed E-state index contributed by atoms with van der Waals surface area (Å²) in [6, 6.07) is 13.8. The number of amides is 2. The van der Waals surface area contributed by atoms with Crippen molar-refractivity contribution in [3.05, 3.63) is 53.6 Å². The largest absolute Gasteiger partial charge is 0.465 e. The average Bonchev–Trinajstić information content (AvgIpc) is 3.12. The second-order valence-electron chi connectivity index (χ2n) is 7.76. The number of carbonyl (C=O) groups is 2. The summed E-state index contributed by atoms with van der Waals surface area (Å²) in [5, 5.41) is 12.5. The summed E-state index contributed by atoms with van der Waals surface area (Å²) in [7, 11) is 2.04. The number of nitrogens with zero attached hydrogens (tertiary/aromatic N) is 2. The SMILES string of the molecule is CN1CCCC(C(=O)Nc2cc3c(c(-c4ccccc4)c2)CN(C(=O)O)C3)C1. The summed E-state index contributed by atoms with van der Waals surface area (Å²) in [5.41, 5.74) is 4.73. The third-order valence-electron chi connectivity index (χ3n) is 5.67. The number of piperidine rings is 1. The molecule has 2 aromatic rings. The highest BCUT2D eigenvalue weighted by atomic mass is 16.4. The molecule has 1 unspecified atom stereocenters. The highest BCUT2D eigenvalue weighted by Gasteiger charge is 2.28. The number of hydrogen-bond acceptors (Lipinski definition) is 3. The van der Waals surface area contributed by atoms with Crippen LogP contribution in [0.1, 0.15) is 24.0 Å². The summed E-state index contributed by atoms with van der Waals surface area (Å²) in [5.74, 6) is 0.0290. The van der Waals surface area contributed by atoms with E-state index >= 15 is 0 Å². The molecule has 0 aliphatic carbocycles. The molecule has 2 heterocycles. The van der Waals surface area contributed by atoms with Crippen molar-refractivity contribution >= 4 is 17.7 Å². The molecule has 1 atom stereocenters. The van der Waals surface area contributed by atoms with E-state index in [9.17, 15) is 14.7 Å². The van der Waals surface area contributed by atoms with E-state index in [4.69, 9.17) is 0 Å². The minimum absolute atomic E-state index is 0.0114. The molecule has 2 N–H and O–H groups in total. The van der Waals surface area contributed by atoms with Crippen LogP contribution in [0.3, 0.4) is 0 Å². The molecule has 1 fully saturated rings. The Hall–Kier alpha value is -2.86. The first kappa shape index (κ1) is 18.5. The molecule has 4 rings (SSSR count). The van der Waals surface area contributed by atoms with Crippen LogP contribution >= 0.6 is 0 Å². The zero-order chi connectivity index (χ0) is 19.7. The van der Waals surface area contributed by atoms with E-state index in [2.05, 4.69) is 10.2 Å². The van der Waals surface area contributed by atoms with Crippen LogP contribution in [0.4, 0.5) is 10.5 Å². The van der Waals surface area contributed by atoms with Crippen LogP contribution in [-0.2, 0) is 17.9 Å². The fraction of sp³-hybridized carbons (Fsp3) is 0.364. The summed E-state index contributed by atoms with van der Waals surface area (Å²) in [4.78, 5) is 27.9. The zero-order valence-corrected chi connectivity index (χ0v) is 16.0. The first-order valence-corrected chi connectivity index (χ1v) is 9.70. The molecule has 0 bridgehead atoms. The van der Waals surface area contributed by atoms with E-state index < -0.39 is 6.09 Å². The topological polar surface area (TPSA) is 72.9 Å². The second-order valence-corrected chi connectivity index (χ2v) is 7.76. The van der Waals surface area contributed by atoms with Crippen molar-refractivity contribution < 1.29 is 14.7 Å². The smallest absolute Gasteiger partial charge is 0.407 e. The number of nitrogens with one attached hydrogen (secondary N) is 1. The first-order valence-electron chi connectivity index (χ1n) is 9.70. The molecule has 2 aromatic carbocycles. The molecule has 1 saturated heterocycles. The monoisotopic (exact) mass is 379 g/mol. The number of hydrogen-bond donors (Lipinski definition) is 2. The van der Waals surface area contributed by atoms with Gasteiger partial charge in [-0.3, -0.25) is 9.69 Å². The van der Waals surface area contributed by atoms with Gasteiger partial charge in [0.05, 0.1) is 12.5 Å². The first-order chi connectivity index (χ1) is 13.5. The Labute approximate surface area is 164 Å². The van der Waals surface area contributed by atoms with Gasteiger partial charge in [0.1, 0.15) is 0 Å². The Bertz CT molecular complexity index is 897. The maximum absolute atomic E-state index is 12.8. The summed E-state index contributed by atoms with van der Waals surface area (Å²) >= 11 is 0. The molecule has 0 radical (unpaired) electrons. The van der Waals surface area contributed by atoms with Gasteiger partial charge in [-0.2, -0.15) is 0 Å². The molecule has 2 aliphatic rings. The number of anilines is 1. The van der Waals surface area contributed by atoms with Gasteiger partial charge < -0.3 is 15.3 Å². The van der Waals surface area contributed by atoms with E-state index in [1.807, 2.05) is 49.5 Å². The molecule has 6 nitrogen and oxygen atoms in total. The Morgan fingerprint density at radius 1 is 1.14 bits per heavy atom. The van der Waals surface area contributed by atoms with Gasteiger partial charge in [0.15, 0.2) is 0 Å². The van der Waals surface area contributed by atoms with Crippen molar-refractivity contribution in [2.45, 2.75) is 25.9 Å². The van der Waals surface area contributed by atoms with Crippen LogP contribution in [0.2, 0.25) is 0 Å². The third-order valence-corrected chi connectivity index (χ3v) is 5.67. The van der Waals surface area contributed by atoms with Crippen molar-refractivity contribution in [3.8, 4) is 11.1 Å². The summed E-state index contributed by atoms with van der Waals surface area (Å²) < 4.78 is 0. The van der Waals surface area contributed by atoms with Gasteiger partial charge in [0, 0.05) is 18.8 Å². The van der Waals surface area contributed by atoms with Gasteiger partial charge in [0.2, 0.25) is 5.91 Å². The lowest BCUT2D eigenvalue weighted by atomic mass is 9.95. The maximum Gasteiger partial charge on any atom is 0.407 e. The number of rotatable bonds is 3. The fourth-order valence-electron chi connectivity index (χ4n) is 4.22. The van der Waals surface area contributed by atoms with Crippen molar-refractivity contribution in [1.82, 2.24) is 9.80 Å². The Kier molecular flexibility index (Phi) is 5.05.